The van der Waals surface area contributed by atoms with E-state index in [4.69, 9.17) is 11.6 Å². The minimum absolute atomic E-state index is 0.340. The summed E-state index contributed by atoms with van der Waals surface area (Å²) in [4.78, 5) is 0. The van der Waals surface area contributed by atoms with Gasteiger partial charge in [-0.1, -0.05) is 0 Å². The lowest BCUT2D eigenvalue weighted by Gasteiger charge is -2.31. The van der Waals surface area contributed by atoms with Crippen LogP contribution in [0.5, 0.6) is 0 Å². The molecule has 1 atom stereocenters. The van der Waals surface area contributed by atoms with Gasteiger partial charge in [-0.25, -0.2) is 12.7 Å². The van der Waals surface area contributed by atoms with Gasteiger partial charge in [0.05, 0.1) is 6.26 Å². The van der Waals surface area contributed by atoms with Crippen LogP contribution < -0.4 is 5.32 Å². The van der Waals surface area contributed by atoms with Crippen molar-refractivity contribution in [3.05, 3.63) is 0 Å². The highest BCUT2D eigenvalue weighted by atomic mass is 35.5. The highest BCUT2D eigenvalue weighted by molar-refractivity contribution is 7.88. The molecule has 0 amide bonds. The number of halogens is 1. The Bertz CT molecular complexity index is 382. The first-order valence-electron chi connectivity index (χ1n) is 6.67. The molecule has 0 spiro atoms. The summed E-state index contributed by atoms with van der Waals surface area (Å²) >= 11 is 5.93. The van der Waals surface area contributed by atoms with Crippen molar-refractivity contribution in [3.8, 4) is 0 Å². The van der Waals surface area contributed by atoms with Crippen LogP contribution in [0.25, 0.3) is 0 Å². The average Bonchev–Trinajstić information content (AvgIpc) is 3.09. The molecule has 1 N–H and O–H groups in total. The van der Waals surface area contributed by atoms with Crippen LogP contribution in [0.1, 0.15) is 25.7 Å². The normalized spacial score (nSPS) is 28.2. The summed E-state index contributed by atoms with van der Waals surface area (Å²) in [5.74, 6) is 1.18. The summed E-state index contributed by atoms with van der Waals surface area (Å²) in [6.45, 7) is 3.23. The third kappa shape index (κ3) is 3.83. The fraction of sp³-hybridized carbons (Fsp3) is 1.00. The third-order valence-electron chi connectivity index (χ3n) is 4.12. The number of hydrogen-bond donors (Lipinski definition) is 1. The van der Waals surface area contributed by atoms with Gasteiger partial charge >= 0.3 is 0 Å². The molecule has 0 bridgehead atoms. The molecule has 1 saturated heterocycles. The summed E-state index contributed by atoms with van der Waals surface area (Å²) in [7, 11) is -3.02. The van der Waals surface area contributed by atoms with Crippen LogP contribution in [-0.4, -0.2) is 51.0 Å². The Morgan fingerprint density at radius 1 is 1.44 bits per heavy atom. The number of nitrogens with zero attached hydrogens (tertiary/aromatic N) is 1. The van der Waals surface area contributed by atoms with E-state index >= 15 is 0 Å². The van der Waals surface area contributed by atoms with Gasteiger partial charge in [-0.2, -0.15) is 0 Å². The number of hydrogen-bond acceptors (Lipinski definition) is 3. The predicted octanol–water partition coefficient (Wildman–Crippen LogP) is 1.27. The molecule has 1 aliphatic heterocycles. The van der Waals surface area contributed by atoms with Crippen molar-refractivity contribution >= 4 is 21.6 Å². The average molecular weight is 295 g/mol. The Labute approximate surface area is 115 Å². The van der Waals surface area contributed by atoms with E-state index in [1.54, 1.807) is 4.31 Å². The predicted molar refractivity (Wildman–Crippen MR) is 74.4 cm³/mol. The zero-order valence-corrected chi connectivity index (χ0v) is 12.6. The Hall–Kier alpha value is 0.160. The second kappa shape index (κ2) is 5.65. The second-order valence-corrected chi connectivity index (χ2v) is 8.14. The summed E-state index contributed by atoms with van der Waals surface area (Å²) in [6.07, 6.45) is 5.84. The van der Waals surface area contributed by atoms with Gasteiger partial charge in [-0.15, -0.1) is 11.6 Å². The zero-order chi connectivity index (χ0) is 13.2. The lowest BCUT2D eigenvalue weighted by molar-refractivity contribution is 0.258. The van der Waals surface area contributed by atoms with Crippen LogP contribution >= 0.6 is 11.6 Å². The molecule has 2 fully saturated rings. The molecular weight excluding hydrogens is 272 g/mol. The molecule has 2 aliphatic rings. The SMILES string of the molecule is CS(=O)(=O)N1CCCC(CNCC2(CCl)CC2)C1. The van der Waals surface area contributed by atoms with Gasteiger partial charge in [0.25, 0.3) is 0 Å². The van der Waals surface area contributed by atoms with Crippen molar-refractivity contribution in [2.45, 2.75) is 25.7 Å². The van der Waals surface area contributed by atoms with Gasteiger partial charge in [0.2, 0.25) is 10.0 Å². The molecule has 1 heterocycles. The first-order valence-corrected chi connectivity index (χ1v) is 9.05. The van der Waals surface area contributed by atoms with Crippen molar-refractivity contribution in [1.29, 1.82) is 0 Å². The Balaban J connectivity index is 1.73. The number of piperidine rings is 1. The van der Waals surface area contributed by atoms with Crippen LogP contribution in [-0.2, 0) is 10.0 Å². The minimum Gasteiger partial charge on any atom is -0.316 e. The largest absolute Gasteiger partial charge is 0.316 e. The van der Waals surface area contributed by atoms with E-state index in [1.165, 1.54) is 19.1 Å². The molecule has 1 unspecified atom stereocenters. The number of sulfonamides is 1. The lowest BCUT2D eigenvalue weighted by atomic mass is 9.99. The Kier molecular flexibility index (Phi) is 4.57. The molecule has 0 aromatic heterocycles. The fourth-order valence-electron chi connectivity index (χ4n) is 2.57. The number of nitrogens with one attached hydrogen (secondary N) is 1. The molecule has 0 radical (unpaired) electrons. The van der Waals surface area contributed by atoms with Gasteiger partial charge < -0.3 is 5.32 Å². The monoisotopic (exact) mass is 294 g/mol. The maximum Gasteiger partial charge on any atom is 0.211 e. The second-order valence-electron chi connectivity index (χ2n) is 5.89. The maximum absolute atomic E-state index is 11.5. The first kappa shape index (κ1) is 14.6. The highest BCUT2D eigenvalue weighted by Gasteiger charge is 2.41. The van der Waals surface area contributed by atoms with Crippen LogP contribution in [0, 0.1) is 11.3 Å². The molecule has 1 saturated carbocycles. The number of rotatable bonds is 6. The minimum atomic E-state index is -3.02. The maximum atomic E-state index is 11.5. The summed E-state index contributed by atoms with van der Waals surface area (Å²) in [5, 5.41) is 3.47. The van der Waals surface area contributed by atoms with E-state index in [-0.39, 0.29) is 0 Å². The Morgan fingerprint density at radius 3 is 2.72 bits per heavy atom. The van der Waals surface area contributed by atoms with Crippen molar-refractivity contribution in [2.75, 3.05) is 38.3 Å². The van der Waals surface area contributed by atoms with E-state index in [2.05, 4.69) is 5.32 Å². The summed E-state index contributed by atoms with van der Waals surface area (Å²) in [6, 6.07) is 0. The lowest BCUT2D eigenvalue weighted by Crippen LogP contribution is -2.43. The van der Waals surface area contributed by atoms with E-state index < -0.39 is 10.0 Å². The van der Waals surface area contributed by atoms with Crippen LogP contribution in [0.2, 0.25) is 0 Å². The zero-order valence-electron chi connectivity index (χ0n) is 11.0. The quantitative estimate of drug-likeness (QED) is 0.751. The van der Waals surface area contributed by atoms with E-state index in [0.717, 1.165) is 31.8 Å². The molecule has 106 valence electrons. The van der Waals surface area contributed by atoms with Crippen molar-refractivity contribution in [2.24, 2.45) is 11.3 Å². The van der Waals surface area contributed by atoms with Crippen LogP contribution in [0.4, 0.5) is 0 Å². The molecule has 4 nitrogen and oxygen atoms in total. The van der Waals surface area contributed by atoms with Crippen molar-refractivity contribution < 1.29 is 8.42 Å². The van der Waals surface area contributed by atoms with Crippen molar-refractivity contribution in [1.82, 2.24) is 9.62 Å². The fourth-order valence-corrected chi connectivity index (χ4v) is 3.87. The van der Waals surface area contributed by atoms with Crippen molar-refractivity contribution in [3.63, 3.8) is 0 Å². The molecular formula is C12H23ClN2O2S. The molecule has 1 aliphatic carbocycles. The van der Waals surface area contributed by atoms with E-state index in [0.29, 0.717) is 24.4 Å². The molecule has 0 aromatic carbocycles. The molecule has 18 heavy (non-hydrogen) atoms. The molecule has 0 aromatic rings. The van der Waals surface area contributed by atoms with Gasteiger partial charge in [-0.05, 0) is 43.6 Å². The topological polar surface area (TPSA) is 49.4 Å². The molecule has 2 rings (SSSR count). The van der Waals surface area contributed by atoms with E-state index in [1.807, 2.05) is 0 Å². The molecule has 6 heteroatoms. The van der Waals surface area contributed by atoms with E-state index in [9.17, 15) is 8.42 Å². The summed E-state index contributed by atoms with van der Waals surface area (Å²) in [5.41, 5.74) is 0.340. The highest BCUT2D eigenvalue weighted by Crippen LogP contribution is 2.45. The van der Waals surface area contributed by atoms with Gasteiger partial charge in [0, 0.05) is 25.5 Å². The van der Waals surface area contributed by atoms with Crippen LogP contribution in [0.15, 0.2) is 0 Å². The standard InChI is InChI=1S/C12H23ClN2O2S/c1-18(16,17)15-6-2-3-11(8-15)7-14-10-12(9-13)4-5-12/h11,14H,2-10H2,1H3. The van der Waals surface area contributed by atoms with Gasteiger partial charge in [0.1, 0.15) is 0 Å². The smallest absolute Gasteiger partial charge is 0.211 e. The van der Waals surface area contributed by atoms with Gasteiger partial charge in [0.15, 0.2) is 0 Å². The Morgan fingerprint density at radius 2 is 2.17 bits per heavy atom. The van der Waals surface area contributed by atoms with Gasteiger partial charge in [-0.3, -0.25) is 0 Å². The third-order valence-corrected chi connectivity index (χ3v) is 5.96. The summed E-state index contributed by atoms with van der Waals surface area (Å²) < 4.78 is 24.6. The number of alkyl halides is 1. The van der Waals surface area contributed by atoms with Crippen LogP contribution in [0.3, 0.4) is 0 Å². The first-order chi connectivity index (χ1) is 8.45.